The molecular formula is C40H53N5O10S. The van der Waals surface area contributed by atoms with E-state index < -0.39 is 73.8 Å². The van der Waals surface area contributed by atoms with Gasteiger partial charge in [0.05, 0.1) is 11.3 Å². The highest BCUT2D eigenvalue weighted by Crippen LogP contribution is 2.48. The van der Waals surface area contributed by atoms with Gasteiger partial charge in [-0.3, -0.25) is 19.1 Å². The molecule has 1 aromatic carbocycles. The molecule has 7 rings (SSSR count). The van der Waals surface area contributed by atoms with Gasteiger partial charge in [-0.1, -0.05) is 26.0 Å². The molecule has 1 aromatic heterocycles. The predicted molar refractivity (Wildman–Crippen MR) is 205 cm³/mol. The summed E-state index contributed by atoms with van der Waals surface area (Å²) in [6.45, 7) is 11.5. The number of fused-ring (bicyclic) bond motifs is 5. The van der Waals surface area contributed by atoms with Crippen LogP contribution in [0.1, 0.15) is 86.5 Å². The van der Waals surface area contributed by atoms with Gasteiger partial charge in [0.25, 0.3) is 5.91 Å². The van der Waals surface area contributed by atoms with Gasteiger partial charge in [-0.2, -0.15) is 0 Å². The fourth-order valence-corrected chi connectivity index (χ4v) is 9.33. The van der Waals surface area contributed by atoms with E-state index in [9.17, 15) is 27.6 Å². The Bertz CT molecular complexity index is 2050. The van der Waals surface area contributed by atoms with Gasteiger partial charge in [0.15, 0.2) is 11.5 Å². The number of aromatic nitrogens is 1. The van der Waals surface area contributed by atoms with Crippen LogP contribution in [0.15, 0.2) is 36.5 Å². The Morgan fingerprint density at radius 2 is 1.80 bits per heavy atom. The van der Waals surface area contributed by atoms with Crippen LogP contribution in [0.5, 0.6) is 17.4 Å². The summed E-state index contributed by atoms with van der Waals surface area (Å²) < 4.78 is 51.4. The van der Waals surface area contributed by atoms with Crippen LogP contribution in [0, 0.1) is 17.8 Å². The third-order valence-electron chi connectivity index (χ3n) is 11.6. The van der Waals surface area contributed by atoms with Gasteiger partial charge in [0.2, 0.25) is 27.7 Å². The van der Waals surface area contributed by atoms with E-state index in [0.29, 0.717) is 55.8 Å². The number of nitrogens with zero attached hydrogens (tertiary/aromatic N) is 2. The summed E-state index contributed by atoms with van der Waals surface area (Å²) in [5.74, 6) is -1.15. The highest BCUT2D eigenvalue weighted by atomic mass is 32.2. The lowest BCUT2D eigenvalue weighted by molar-refractivity contribution is -0.142. The second-order valence-corrected chi connectivity index (χ2v) is 19.6. The molecule has 4 heterocycles. The molecule has 3 aliphatic heterocycles. The first kappa shape index (κ1) is 39.6. The van der Waals surface area contributed by atoms with Crippen LogP contribution in [-0.2, 0) is 29.1 Å². The van der Waals surface area contributed by atoms with Crippen LogP contribution >= 0.6 is 0 Å². The molecule has 3 N–H and O–H groups in total. The maximum atomic E-state index is 14.8. The van der Waals surface area contributed by atoms with Crippen molar-refractivity contribution in [1.29, 1.82) is 0 Å². The largest absolute Gasteiger partial charge is 0.486 e. The van der Waals surface area contributed by atoms with Gasteiger partial charge in [0, 0.05) is 29.3 Å². The average molecular weight is 796 g/mol. The molecule has 4 amide bonds. The number of allylic oxidation sites excluding steroid dienone is 1. The molecule has 2 aromatic rings. The van der Waals surface area contributed by atoms with Crippen molar-refractivity contribution in [3.05, 3.63) is 36.5 Å². The molecule has 5 aliphatic rings. The predicted octanol–water partition coefficient (Wildman–Crippen LogP) is 4.13. The van der Waals surface area contributed by atoms with Crippen molar-refractivity contribution < 1.29 is 46.5 Å². The molecule has 56 heavy (non-hydrogen) atoms. The number of amides is 4. The number of alkyl carbamates (subject to hydrolysis) is 1. The van der Waals surface area contributed by atoms with Crippen molar-refractivity contribution in [2.45, 2.75) is 121 Å². The molecule has 2 aliphatic carbocycles. The number of rotatable bonds is 6. The van der Waals surface area contributed by atoms with E-state index in [-0.39, 0.29) is 37.1 Å². The second-order valence-electron chi connectivity index (χ2n) is 17.4. The standard InChI is InChI=1S/C40H53N5O10S/c1-23-9-7-8-10-25-21-40(25,36(48)44-56(50,51)39(6)14-15-39)43-33(46)29-20-26(22-45(29)35(47)31(24(2)19-23)42-37(49)55-38(3,4)5)54-34-28-11-12-30-32(53-18-17-52-30)27(28)13-16-41-34/h8,10-13,16,23-26,29,31H,7,9,14-15,17-22H2,1-6H3,(H,42,49)(H,43,46)(H,44,48)/b10-8-/t23-,24-,25?,26?,29+,31+,40-/m1/s1. The molecule has 0 spiro atoms. The fourth-order valence-electron chi connectivity index (χ4n) is 8.02. The molecule has 3 fully saturated rings. The summed E-state index contributed by atoms with van der Waals surface area (Å²) >= 11 is 0. The summed E-state index contributed by atoms with van der Waals surface area (Å²) in [4.78, 5) is 62.4. The van der Waals surface area contributed by atoms with Crippen LogP contribution in [0.4, 0.5) is 4.79 Å². The van der Waals surface area contributed by atoms with Crippen molar-refractivity contribution in [1.82, 2.24) is 25.2 Å². The van der Waals surface area contributed by atoms with Crippen LogP contribution in [0.2, 0.25) is 0 Å². The maximum absolute atomic E-state index is 14.8. The minimum absolute atomic E-state index is 0.0265. The van der Waals surface area contributed by atoms with E-state index in [1.54, 1.807) is 46.0 Å². The molecule has 304 valence electrons. The van der Waals surface area contributed by atoms with Crippen LogP contribution in [0.25, 0.3) is 10.8 Å². The number of carbonyl (C=O) groups excluding carboxylic acids is 4. The number of nitrogens with one attached hydrogen (secondary N) is 3. The van der Waals surface area contributed by atoms with Crippen molar-refractivity contribution in [3.63, 3.8) is 0 Å². The second kappa shape index (κ2) is 14.7. The van der Waals surface area contributed by atoms with Gasteiger partial charge in [0.1, 0.15) is 42.5 Å². The fraction of sp³-hybridized carbons (Fsp3) is 0.625. The Labute approximate surface area is 327 Å². The van der Waals surface area contributed by atoms with E-state index in [4.69, 9.17) is 18.9 Å². The SMILES string of the molecule is C[C@@H]1CC/C=C\C2C[C@@]2(C(=O)NS(=O)(=O)C2(C)CC2)NC(=O)[C@@H]2CC(Oc3nccc4c5c(ccc34)OCCO5)CN2C(=O)[C@@H](NC(=O)OC(C)(C)C)[C@H](C)C1. The molecular weight excluding hydrogens is 743 g/mol. The molecule has 15 nitrogen and oxygen atoms in total. The van der Waals surface area contributed by atoms with E-state index in [0.717, 1.165) is 11.8 Å². The number of benzene rings is 1. The normalized spacial score (nSPS) is 30.7. The monoisotopic (exact) mass is 795 g/mol. The Morgan fingerprint density at radius 1 is 1.05 bits per heavy atom. The van der Waals surface area contributed by atoms with Gasteiger partial charge in [-0.15, -0.1) is 0 Å². The zero-order chi connectivity index (χ0) is 40.2. The van der Waals surface area contributed by atoms with Gasteiger partial charge < -0.3 is 34.5 Å². The number of pyridine rings is 1. The van der Waals surface area contributed by atoms with Crippen LogP contribution in [-0.4, -0.2) is 95.9 Å². The average Bonchev–Trinajstić information content (AvgIpc) is 4.01. The molecule has 16 heteroatoms. The lowest BCUT2D eigenvalue weighted by Gasteiger charge is -2.33. The summed E-state index contributed by atoms with van der Waals surface area (Å²) in [6.07, 6.45) is 7.04. The molecule has 0 radical (unpaired) electrons. The zero-order valence-corrected chi connectivity index (χ0v) is 33.7. The zero-order valence-electron chi connectivity index (χ0n) is 32.9. The summed E-state index contributed by atoms with van der Waals surface area (Å²) in [5, 5.41) is 7.10. The van der Waals surface area contributed by atoms with E-state index in [1.165, 1.54) is 4.90 Å². The van der Waals surface area contributed by atoms with Crippen molar-refractivity contribution in [2.24, 2.45) is 17.8 Å². The first-order chi connectivity index (χ1) is 26.4. The Hall–Kier alpha value is -4.60. The van der Waals surface area contributed by atoms with Gasteiger partial charge in [-0.05, 0) is 96.3 Å². The molecule has 0 bridgehead atoms. The Balaban J connectivity index is 1.22. The summed E-state index contributed by atoms with van der Waals surface area (Å²) in [5.41, 5.74) is -2.36. The summed E-state index contributed by atoms with van der Waals surface area (Å²) in [7, 11) is -4.00. The van der Waals surface area contributed by atoms with Crippen molar-refractivity contribution in [2.75, 3.05) is 19.8 Å². The topological polar surface area (TPSA) is 192 Å². The van der Waals surface area contributed by atoms with Gasteiger partial charge in [-0.25, -0.2) is 18.2 Å². The quantitative estimate of drug-likeness (QED) is 0.357. The molecule has 1 saturated heterocycles. The van der Waals surface area contributed by atoms with E-state index >= 15 is 0 Å². The number of carbonyl (C=O) groups is 4. The number of ether oxygens (including phenoxy) is 4. The minimum atomic E-state index is -4.00. The first-order valence-electron chi connectivity index (χ1n) is 19.6. The number of sulfonamides is 1. The molecule has 2 saturated carbocycles. The third kappa shape index (κ3) is 7.98. The number of hydrogen-bond acceptors (Lipinski definition) is 11. The first-order valence-corrected chi connectivity index (χ1v) is 21.1. The Morgan fingerprint density at radius 3 is 2.54 bits per heavy atom. The van der Waals surface area contributed by atoms with Crippen LogP contribution < -0.4 is 29.6 Å². The smallest absolute Gasteiger partial charge is 0.408 e. The molecule has 7 atom stereocenters. The van der Waals surface area contributed by atoms with Crippen molar-refractivity contribution in [3.8, 4) is 17.4 Å². The van der Waals surface area contributed by atoms with E-state index in [2.05, 4.69) is 27.3 Å². The highest BCUT2D eigenvalue weighted by Gasteiger charge is 2.63. The lowest BCUT2D eigenvalue weighted by atomic mass is 9.88. The Kier molecular flexibility index (Phi) is 10.4. The van der Waals surface area contributed by atoms with Crippen LogP contribution in [0.3, 0.4) is 0 Å². The minimum Gasteiger partial charge on any atom is -0.486 e. The van der Waals surface area contributed by atoms with Gasteiger partial charge >= 0.3 is 6.09 Å². The summed E-state index contributed by atoms with van der Waals surface area (Å²) in [6, 6.07) is 3.20. The highest BCUT2D eigenvalue weighted by molar-refractivity contribution is 7.91. The molecule has 2 unspecified atom stereocenters. The maximum Gasteiger partial charge on any atom is 0.408 e. The van der Waals surface area contributed by atoms with E-state index in [1.807, 2.05) is 25.1 Å². The van der Waals surface area contributed by atoms with Crippen molar-refractivity contribution >= 4 is 44.6 Å². The number of hydrogen-bond donors (Lipinski definition) is 3. The third-order valence-corrected chi connectivity index (χ3v) is 13.8. The lowest BCUT2D eigenvalue weighted by Crippen LogP contribution is -2.59.